The average Bonchev–Trinajstić information content (AvgIpc) is 2.30. The van der Waals surface area contributed by atoms with Crippen molar-refractivity contribution in [3.05, 3.63) is 29.3 Å². The quantitative estimate of drug-likeness (QED) is 0.849. The second kappa shape index (κ2) is 6.95. The van der Waals surface area contributed by atoms with Crippen molar-refractivity contribution in [2.75, 3.05) is 0 Å². The number of rotatable bonds is 6. The van der Waals surface area contributed by atoms with E-state index in [9.17, 15) is 9.90 Å². The van der Waals surface area contributed by atoms with Gasteiger partial charge in [0.15, 0.2) is 5.60 Å². The zero-order valence-electron chi connectivity index (χ0n) is 12.3. The number of carbonyl (C=O) groups is 1. The van der Waals surface area contributed by atoms with Gasteiger partial charge in [0.25, 0.3) is 5.91 Å². The fourth-order valence-corrected chi connectivity index (χ4v) is 1.94. The van der Waals surface area contributed by atoms with E-state index >= 15 is 0 Å². The average molecular weight is 300 g/mol. The van der Waals surface area contributed by atoms with Crippen LogP contribution in [0.15, 0.2) is 24.3 Å². The zero-order chi connectivity index (χ0) is 15.3. The first-order chi connectivity index (χ1) is 9.20. The molecule has 0 aliphatic rings. The van der Waals surface area contributed by atoms with Crippen LogP contribution in [0.3, 0.4) is 0 Å². The third-order valence-corrected chi connectivity index (χ3v) is 3.06. The number of aliphatic hydroxyl groups is 1. The molecule has 20 heavy (non-hydrogen) atoms. The predicted molar refractivity (Wildman–Crippen MR) is 80.1 cm³/mol. The van der Waals surface area contributed by atoms with Crippen LogP contribution in [0.2, 0.25) is 5.02 Å². The van der Waals surface area contributed by atoms with Gasteiger partial charge in [-0.2, -0.15) is 0 Å². The van der Waals surface area contributed by atoms with E-state index in [1.807, 2.05) is 6.92 Å². The minimum Gasteiger partial charge on any atom is -0.478 e. The molecule has 112 valence electrons. The van der Waals surface area contributed by atoms with Gasteiger partial charge in [-0.15, -0.1) is 0 Å². The third-order valence-electron chi connectivity index (χ3n) is 2.81. The summed E-state index contributed by atoms with van der Waals surface area (Å²) in [6.07, 6.45) is 0.0496. The summed E-state index contributed by atoms with van der Waals surface area (Å²) < 4.78 is 5.69. The van der Waals surface area contributed by atoms with Crippen molar-refractivity contribution in [1.29, 1.82) is 0 Å². The van der Waals surface area contributed by atoms with Crippen molar-refractivity contribution in [1.82, 2.24) is 5.32 Å². The van der Waals surface area contributed by atoms with Gasteiger partial charge in [0.1, 0.15) is 5.75 Å². The lowest BCUT2D eigenvalue weighted by Gasteiger charge is -2.27. The molecule has 0 saturated heterocycles. The number of hydrogen-bond acceptors (Lipinski definition) is 3. The molecule has 4 nitrogen and oxygen atoms in total. The van der Waals surface area contributed by atoms with Gasteiger partial charge in [-0.1, -0.05) is 11.6 Å². The number of nitrogens with one attached hydrogen (secondary N) is 1. The van der Waals surface area contributed by atoms with Crippen molar-refractivity contribution in [2.45, 2.75) is 51.9 Å². The largest absolute Gasteiger partial charge is 0.478 e. The number of amides is 1. The maximum atomic E-state index is 12.2. The van der Waals surface area contributed by atoms with Gasteiger partial charge >= 0.3 is 0 Å². The Morgan fingerprint density at radius 3 is 2.40 bits per heavy atom. The van der Waals surface area contributed by atoms with Crippen LogP contribution in [-0.4, -0.2) is 28.8 Å². The van der Waals surface area contributed by atoms with Gasteiger partial charge in [-0.3, -0.25) is 4.79 Å². The summed E-state index contributed by atoms with van der Waals surface area (Å²) in [6.45, 7) is 6.94. The highest BCUT2D eigenvalue weighted by atomic mass is 35.5. The maximum Gasteiger partial charge on any atom is 0.263 e. The summed E-state index contributed by atoms with van der Waals surface area (Å²) in [7, 11) is 0. The highest BCUT2D eigenvalue weighted by Crippen LogP contribution is 2.21. The molecule has 5 heteroatoms. The van der Waals surface area contributed by atoms with Gasteiger partial charge in [0, 0.05) is 11.1 Å². The molecule has 1 aromatic rings. The van der Waals surface area contributed by atoms with E-state index in [2.05, 4.69) is 5.32 Å². The molecule has 0 aliphatic heterocycles. The summed E-state index contributed by atoms with van der Waals surface area (Å²) in [5.74, 6) is 0.360. The molecule has 1 amide bonds. The number of hydrogen-bond donors (Lipinski definition) is 2. The van der Waals surface area contributed by atoms with E-state index in [0.717, 1.165) is 0 Å². The van der Waals surface area contributed by atoms with Crippen molar-refractivity contribution < 1.29 is 14.6 Å². The molecule has 1 aromatic carbocycles. The Morgan fingerprint density at radius 2 is 1.90 bits per heavy atom. The first-order valence-electron chi connectivity index (χ1n) is 6.64. The van der Waals surface area contributed by atoms with Gasteiger partial charge in [0.05, 0.1) is 6.10 Å². The molecule has 0 spiro atoms. The van der Waals surface area contributed by atoms with Crippen LogP contribution < -0.4 is 10.1 Å². The number of aliphatic hydroxyl groups excluding tert-OH is 1. The summed E-state index contributed by atoms with van der Waals surface area (Å²) in [6, 6.07) is 6.74. The maximum absolute atomic E-state index is 12.2. The Bertz CT molecular complexity index is 443. The zero-order valence-corrected chi connectivity index (χ0v) is 13.1. The van der Waals surface area contributed by atoms with E-state index in [1.54, 1.807) is 45.0 Å². The van der Waals surface area contributed by atoms with Gasteiger partial charge in [-0.25, -0.2) is 0 Å². The molecule has 2 N–H and O–H groups in total. The Kier molecular flexibility index (Phi) is 5.84. The summed E-state index contributed by atoms with van der Waals surface area (Å²) >= 11 is 5.80. The fraction of sp³-hybridized carbons (Fsp3) is 0.533. The van der Waals surface area contributed by atoms with Gasteiger partial charge in [0.2, 0.25) is 0 Å². The molecule has 0 aromatic heterocycles. The molecule has 0 fully saturated rings. The van der Waals surface area contributed by atoms with Crippen LogP contribution in [-0.2, 0) is 4.79 Å². The topological polar surface area (TPSA) is 58.6 Å². The Labute approximate surface area is 125 Å². The standard InChI is InChI=1S/C15H22ClNO3/c1-10(9-11(2)18)17-14(19)15(3,4)20-13-7-5-12(16)6-8-13/h5-8,10-11,18H,9H2,1-4H3,(H,17,19). The SMILES string of the molecule is CC(O)CC(C)NC(=O)C(C)(C)Oc1ccc(Cl)cc1. The minimum atomic E-state index is -0.999. The summed E-state index contributed by atoms with van der Waals surface area (Å²) in [5, 5.41) is 12.8. The first kappa shape index (κ1) is 16.8. The number of halogens is 1. The molecule has 0 bridgehead atoms. The monoisotopic (exact) mass is 299 g/mol. The van der Waals surface area contributed by atoms with Crippen LogP contribution in [0, 0.1) is 0 Å². The molecule has 0 saturated carbocycles. The lowest BCUT2D eigenvalue weighted by molar-refractivity contribution is -0.135. The van der Waals surface area contributed by atoms with Crippen LogP contribution in [0.1, 0.15) is 34.1 Å². The Morgan fingerprint density at radius 1 is 1.35 bits per heavy atom. The lowest BCUT2D eigenvalue weighted by Crippen LogP contribution is -2.49. The molecular formula is C15H22ClNO3. The van der Waals surface area contributed by atoms with E-state index in [0.29, 0.717) is 17.2 Å². The normalized spacial score (nSPS) is 14.5. The summed E-state index contributed by atoms with van der Waals surface area (Å²) in [5.41, 5.74) is -0.999. The minimum absolute atomic E-state index is 0.115. The fourth-order valence-electron chi connectivity index (χ4n) is 1.81. The van der Waals surface area contributed by atoms with E-state index in [-0.39, 0.29) is 11.9 Å². The second-order valence-electron chi connectivity index (χ2n) is 5.53. The van der Waals surface area contributed by atoms with Crippen LogP contribution in [0.4, 0.5) is 0 Å². The molecular weight excluding hydrogens is 278 g/mol. The highest BCUT2D eigenvalue weighted by Gasteiger charge is 2.30. The molecule has 0 aliphatic carbocycles. The van der Waals surface area contributed by atoms with E-state index in [4.69, 9.17) is 16.3 Å². The van der Waals surface area contributed by atoms with Crippen molar-refractivity contribution in [3.8, 4) is 5.75 Å². The lowest BCUT2D eigenvalue weighted by atomic mass is 10.1. The number of benzene rings is 1. The molecule has 2 atom stereocenters. The smallest absolute Gasteiger partial charge is 0.263 e. The first-order valence-corrected chi connectivity index (χ1v) is 7.02. The van der Waals surface area contributed by atoms with Crippen molar-refractivity contribution >= 4 is 17.5 Å². The summed E-state index contributed by atoms with van der Waals surface area (Å²) in [4.78, 5) is 12.2. The third kappa shape index (κ3) is 5.39. The number of ether oxygens (including phenoxy) is 1. The van der Waals surface area contributed by atoms with Gasteiger partial charge in [-0.05, 0) is 58.4 Å². The highest BCUT2D eigenvalue weighted by molar-refractivity contribution is 6.30. The second-order valence-corrected chi connectivity index (χ2v) is 5.96. The van der Waals surface area contributed by atoms with E-state index in [1.165, 1.54) is 0 Å². The Balaban J connectivity index is 2.62. The molecule has 0 heterocycles. The van der Waals surface area contributed by atoms with Crippen molar-refractivity contribution in [2.24, 2.45) is 0 Å². The van der Waals surface area contributed by atoms with E-state index < -0.39 is 11.7 Å². The Hall–Kier alpha value is -1.26. The van der Waals surface area contributed by atoms with Crippen LogP contribution in [0.25, 0.3) is 0 Å². The molecule has 1 rings (SSSR count). The van der Waals surface area contributed by atoms with Crippen molar-refractivity contribution in [3.63, 3.8) is 0 Å². The van der Waals surface area contributed by atoms with Crippen LogP contribution >= 0.6 is 11.6 Å². The predicted octanol–water partition coefficient (Wildman–Crippen LogP) is 2.77. The van der Waals surface area contributed by atoms with Gasteiger partial charge < -0.3 is 15.2 Å². The molecule has 2 unspecified atom stereocenters. The number of carbonyl (C=O) groups excluding carboxylic acids is 1. The molecule has 0 radical (unpaired) electrons. The van der Waals surface area contributed by atoms with Crippen LogP contribution in [0.5, 0.6) is 5.75 Å².